The van der Waals surface area contributed by atoms with Crippen molar-refractivity contribution >= 4 is 28.6 Å². The highest BCUT2D eigenvalue weighted by Crippen LogP contribution is 2.19. The van der Waals surface area contributed by atoms with E-state index in [2.05, 4.69) is 59.1 Å². The van der Waals surface area contributed by atoms with Gasteiger partial charge in [0.25, 0.3) is 0 Å². The first kappa shape index (κ1) is 17.4. The van der Waals surface area contributed by atoms with Gasteiger partial charge < -0.3 is 10.4 Å². The van der Waals surface area contributed by atoms with Gasteiger partial charge in [-0.15, -0.1) is 0 Å². The maximum absolute atomic E-state index is 11.0. The Balaban J connectivity index is 2.25. The van der Waals surface area contributed by atoms with Crippen LogP contribution in [0, 0.1) is 8.99 Å². The standard InChI is InChI=1S/C16H24INO2/c1-12(18-11-10-16(2,3)15(19)20)4-5-13-6-8-14(17)9-7-13/h6-9,12,18H,4-5,10-11H2,1-3H3,(H,19,20). The molecule has 0 aliphatic heterocycles. The van der Waals surface area contributed by atoms with E-state index in [4.69, 9.17) is 5.11 Å². The van der Waals surface area contributed by atoms with Gasteiger partial charge in [-0.05, 0) is 86.9 Å². The minimum atomic E-state index is -0.731. The summed E-state index contributed by atoms with van der Waals surface area (Å²) in [5, 5.41) is 12.5. The molecule has 1 rings (SSSR count). The van der Waals surface area contributed by atoms with Crippen molar-refractivity contribution in [1.82, 2.24) is 5.32 Å². The van der Waals surface area contributed by atoms with Crippen molar-refractivity contribution in [1.29, 1.82) is 0 Å². The number of hydrogen-bond acceptors (Lipinski definition) is 2. The van der Waals surface area contributed by atoms with Crippen LogP contribution in [0.25, 0.3) is 0 Å². The number of benzene rings is 1. The number of hydrogen-bond donors (Lipinski definition) is 2. The summed E-state index contributed by atoms with van der Waals surface area (Å²) in [4.78, 5) is 11.0. The Morgan fingerprint density at radius 1 is 1.35 bits per heavy atom. The van der Waals surface area contributed by atoms with E-state index in [9.17, 15) is 4.79 Å². The van der Waals surface area contributed by atoms with Gasteiger partial charge in [0.1, 0.15) is 0 Å². The van der Waals surface area contributed by atoms with Gasteiger partial charge in [0.15, 0.2) is 0 Å². The predicted molar refractivity (Wildman–Crippen MR) is 91.0 cm³/mol. The average molecular weight is 389 g/mol. The molecule has 3 nitrogen and oxygen atoms in total. The van der Waals surface area contributed by atoms with Gasteiger partial charge in [0, 0.05) is 9.61 Å². The summed E-state index contributed by atoms with van der Waals surface area (Å²) in [7, 11) is 0. The Bertz CT molecular complexity index is 429. The summed E-state index contributed by atoms with van der Waals surface area (Å²) in [6.07, 6.45) is 2.76. The van der Waals surface area contributed by atoms with Crippen LogP contribution in [-0.2, 0) is 11.2 Å². The third-order valence-electron chi connectivity index (χ3n) is 3.60. The molecule has 0 saturated carbocycles. The minimum Gasteiger partial charge on any atom is -0.481 e. The first-order valence-electron chi connectivity index (χ1n) is 7.02. The van der Waals surface area contributed by atoms with Crippen molar-refractivity contribution in [2.45, 2.75) is 46.1 Å². The summed E-state index contributed by atoms with van der Waals surface area (Å²) >= 11 is 2.31. The Kier molecular flexibility index (Phi) is 6.95. The van der Waals surface area contributed by atoms with Gasteiger partial charge in [0.2, 0.25) is 0 Å². The van der Waals surface area contributed by atoms with Gasteiger partial charge in [-0.25, -0.2) is 0 Å². The van der Waals surface area contributed by atoms with Crippen LogP contribution in [-0.4, -0.2) is 23.7 Å². The fourth-order valence-electron chi connectivity index (χ4n) is 1.87. The number of halogens is 1. The van der Waals surface area contributed by atoms with Crippen LogP contribution in [0.2, 0.25) is 0 Å². The molecule has 0 aliphatic rings. The van der Waals surface area contributed by atoms with Crippen molar-refractivity contribution < 1.29 is 9.90 Å². The SMILES string of the molecule is CC(CCc1ccc(I)cc1)NCCC(C)(C)C(=O)O. The zero-order valence-electron chi connectivity index (χ0n) is 12.4. The highest BCUT2D eigenvalue weighted by Gasteiger charge is 2.26. The van der Waals surface area contributed by atoms with Crippen LogP contribution >= 0.6 is 22.6 Å². The normalized spacial score (nSPS) is 13.2. The van der Waals surface area contributed by atoms with Gasteiger partial charge in [-0.1, -0.05) is 12.1 Å². The van der Waals surface area contributed by atoms with E-state index in [1.807, 2.05) is 0 Å². The Hall–Kier alpha value is -0.620. The highest BCUT2D eigenvalue weighted by molar-refractivity contribution is 14.1. The quantitative estimate of drug-likeness (QED) is 0.667. The maximum Gasteiger partial charge on any atom is 0.309 e. The summed E-state index contributed by atoms with van der Waals surface area (Å²) in [6, 6.07) is 9.00. The van der Waals surface area contributed by atoms with Gasteiger partial charge in [0.05, 0.1) is 5.41 Å². The topological polar surface area (TPSA) is 49.3 Å². The zero-order valence-corrected chi connectivity index (χ0v) is 14.6. The molecule has 0 aliphatic carbocycles. The lowest BCUT2D eigenvalue weighted by molar-refractivity contribution is -0.147. The molecule has 0 fully saturated rings. The van der Waals surface area contributed by atoms with E-state index in [1.165, 1.54) is 9.13 Å². The molecule has 0 bridgehead atoms. The van der Waals surface area contributed by atoms with Crippen molar-refractivity contribution in [3.8, 4) is 0 Å². The van der Waals surface area contributed by atoms with Gasteiger partial charge >= 0.3 is 5.97 Å². The lowest BCUT2D eigenvalue weighted by atomic mass is 9.89. The van der Waals surface area contributed by atoms with Gasteiger partial charge in [-0.3, -0.25) is 4.79 Å². The molecule has 20 heavy (non-hydrogen) atoms. The minimum absolute atomic E-state index is 0.402. The number of aryl methyl sites for hydroxylation is 1. The zero-order chi connectivity index (χ0) is 15.2. The molecule has 4 heteroatoms. The molecule has 0 heterocycles. The Morgan fingerprint density at radius 3 is 2.50 bits per heavy atom. The summed E-state index contributed by atoms with van der Waals surface area (Å²) in [5.41, 5.74) is 0.702. The maximum atomic E-state index is 11.0. The largest absolute Gasteiger partial charge is 0.481 e. The molecule has 1 aromatic rings. The van der Waals surface area contributed by atoms with E-state index in [0.29, 0.717) is 12.5 Å². The molecular weight excluding hydrogens is 365 g/mol. The third-order valence-corrected chi connectivity index (χ3v) is 4.32. The molecule has 1 aromatic carbocycles. The molecule has 2 N–H and O–H groups in total. The number of carboxylic acids is 1. The van der Waals surface area contributed by atoms with E-state index < -0.39 is 11.4 Å². The summed E-state index contributed by atoms with van der Waals surface area (Å²) in [6.45, 7) is 6.44. The molecule has 1 unspecified atom stereocenters. The van der Waals surface area contributed by atoms with E-state index in [0.717, 1.165) is 19.4 Å². The number of rotatable bonds is 8. The lowest BCUT2D eigenvalue weighted by Crippen LogP contribution is -2.33. The monoisotopic (exact) mass is 389 g/mol. The fourth-order valence-corrected chi connectivity index (χ4v) is 2.23. The second-order valence-corrected chi connectivity index (χ2v) is 7.20. The molecule has 0 aromatic heterocycles. The Labute approximate surface area is 135 Å². The smallest absolute Gasteiger partial charge is 0.309 e. The number of nitrogens with one attached hydrogen (secondary N) is 1. The van der Waals surface area contributed by atoms with E-state index in [1.54, 1.807) is 13.8 Å². The van der Waals surface area contributed by atoms with Crippen LogP contribution in [0.5, 0.6) is 0 Å². The molecule has 0 saturated heterocycles. The van der Waals surface area contributed by atoms with E-state index >= 15 is 0 Å². The van der Waals surface area contributed by atoms with Crippen molar-refractivity contribution in [2.75, 3.05) is 6.54 Å². The van der Waals surface area contributed by atoms with Crippen LogP contribution in [0.1, 0.15) is 39.2 Å². The Morgan fingerprint density at radius 2 is 1.95 bits per heavy atom. The second kappa shape index (κ2) is 7.98. The van der Waals surface area contributed by atoms with E-state index in [-0.39, 0.29) is 0 Å². The molecule has 1 atom stereocenters. The van der Waals surface area contributed by atoms with Crippen LogP contribution < -0.4 is 5.32 Å². The highest BCUT2D eigenvalue weighted by atomic mass is 127. The average Bonchev–Trinajstić information content (AvgIpc) is 2.37. The number of aliphatic carboxylic acids is 1. The van der Waals surface area contributed by atoms with Crippen molar-refractivity contribution in [3.63, 3.8) is 0 Å². The van der Waals surface area contributed by atoms with Crippen LogP contribution in [0.4, 0.5) is 0 Å². The molecule has 0 spiro atoms. The summed E-state index contributed by atoms with van der Waals surface area (Å²) < 4.78 is 1.26. The molecule has 112 valence electrons. The molecule has 0 amide bonds. The summed E-state index contributed by atoms with van der Waals surface area (Å²) in [5.74, 6) is -0.731. The fraction of sp³-hybridized carbons (Fsp3) is 0.562. The predicted octanol–water partition coefficient (Wildman–Crippen LogP) is 3.70. The number of carbonyl (C=O) groups is 1. The van der Waals surface area contributed by atoms with Crippen molar-refractivity contribution in [3.05, 3.63) is 33.4 Å². The number of carboxylic acid groups (broad SMARTS) is 1. The van der Waals surface area contributed by atoms with Crippen molar-refractivity contribution in [2.24, 2.45) is 5.41 Å². The van der Waals surface area contributed by atoms with Crippen LogP contribution in [0.3, 0.4) is 0 Å². The second-order valence-electron chi connectivity index (χ2n) is 5.96. The first-order valence-corrected chi connectivity index (χ1v) is 8.10. The lowest BCUT2D eigenvalue weighted by Gasteiger charge is -2.21. The molecule has 0 radical (unpaired) electrons. The molecular formula is C16H24INO2. The van der Waals surface area contributed by atoms with Gasteiger partial charge in [-0.2, -0.15) is 0 Å². The first-order chi connectivity index (χ1) is 9.31. The van der Waals surface area contributed by atoms with Crippen LogP contribution in [0.15, 0.2) is 24.3 Å². The third kappa shape index (κ3) is 6.22.